The van der Waals surface area contributed by atoms with Crippen LogP contribution in [0.15, 0.2) is 6.20 Å². The molecule has 0 spiro atoms. The van der Waals surface area contributed by atoms with Gasteiger partial charge in [0.1, 0.15) is 5.69 Å². The lowest BCUT2D eigenvalue weighted by Gasteiger charge is -2.34. The van der Waals surface area contributed by atoms with E-state index in [1.165, 1.54) is 6.20 Å². The van der Waals surface area contributed by atoms with Gasteiger partial charge in [-0.05, 0) is 31.6 Å². The number of halogens is 3. The van der Waals surface area contributed by atoms with E-state index in [-0.39, 0.29) is 27.3 Å². The number of carbonyl (C=O) groups is 1. The van der Waals surface area contributed by atoms with Gasteiger partial charge in [0.05, 0.1) is 20.7 Å². The number of carbonyl (C=O) groups excluding carboxylic acids is 1. The van der Waals surface area contributed by atoms with Crippen LogP contribution >= 0.6 is 34.8 Å². The zero-order valence-electron chi connectivity index (χ0n) is 11.6. The van der Waals surface area contributed by atoms with Crippen LogP contribution in [-0.2, 0) is 0 Å². The van der Waals surface area contributed by atoms with Gasteiger partial charge in [0.15, 0.2) is 0 Å². The summed E-state index contributed by atoms with van der Waals surface area (Å²) < 4.78 is 0. The monoisotopic (exact) mass is 350 g/mol. The molecule has 0 aromatic carbocycles. The summed E-state index contributed by atoms with van der Waals surface area (Å²) in [6.45, 7) is 2.34. The third-order valence-electron chi connectivity index (χ3n) is 3.92. The number of hydrogen-bond acceptors (Lipinski definition) is 3. The highest BCUT2D eigenvalue weighted by Gasteiger charge is 2.32. The van der Waals surface area contributed by atoms with E-state index in [0.717, 1.165) is 12.8 Å². The molecule has 116 valence electrons. The van der Waals surface area contributed by atoms with E-state index in [9.17, 15) is 9.90 Å². The van der Waals surface area contributed by atoms with Crippen molar-refractivity contribution in [3.63, 3.8) is 0 Å². The van der Waals surface area contributed by atoms with E-state index in [0.29, 0.717) is 18.8 Å². The number of amides is 1. The summed E-state index contributed by atoms with van der Waals surface area (Å²) in [5.41, 5.74) is -0.843. The molecule has 1 aromatic rings. The van der Waals surface area contributed by atoms with Crippen molar-refractivity contribution >= 4 is 40.7 Å². The van der Waals surface area contributed by atoms with Crippen LogP contribution in [0.25, 0.3) is 0 Å². The van der Waals surface area contributed by atoms with Crippen LogP contribution in [0.3, 0.4) is 0 Å². The normalized spacial score (nSPS) is 25.7. The minimum Gasteiger partial charge on any atom is -0.388 e. The Bertz CT molecular complexity index is 543. The Morgan fingerprint density at radius 2 is 2.00 bits per heavy atom. The molecule has 1 saturated carbocycles. The van der Waals surface area contributed by atoms with E-state index >= 15 is 0 Å². The zero-order chi connectivity index (χ0) is 15.6. The minimum atomic E-state index is -0.856. The van der Waals surface area contributed by atoms with Crippen molar-refractivity contribution in [1.82, 2.24) is 10.3 Å². The third kappa shape index (κ3) is 4.01. The van der Waals surface area contributed by atoms with Crippen molar-refractivity contribution in [2.24, 2.45) is 5.92 Å². The first-order valence-electron chi connectivity index (χ1n) is 6.82. The van der Waals surface area contributed by atoms with Gasteiger partial charge in [-0.25, -0.2) is 4.98 Å². The Morgan fingerprint density at radius 1 is 1.38 bits per heavy atom. The molecule has 1 aromatic heterocycles. The van der Waals surface area contributed by atoms with Gasteiger partial charge in [0.2, 0.25) is 0 Å². The molecule has 0 aliphatic heterocycles. The van der Waals surface area contributed by atoms with Gasteiger partial charge in [-0.2, -0.15) is 0 Å². The molecule has 1 aliphatic rings. The summed E-state index contributed by atoms with van der Waals surface area (Å²) in [6, 6.07) is 0. The van der Waals surface area contributed by atoms with Crippen LogP contribution in [-0.4, -0.2) is 28.1 Å². The largest absolute Gasteiger partial charge is 0.388 e. The van der Waals surface area contributed by atoms with Crippen LogP contribution in [0.1, 0.15) is 43.1 Å². The van der Waals surface area contributed by atoms with Gasteiger partial charge in [-0.1, -0.05) is 41.7 Å². The van der Waals surface area contributed by atoms with E-state index in [1.54, 1.807) is 0 Å². The first kappa shape index (κ1) is 16.8. The Balaban J connectivity index is 2.01. The molecule has 1 heterocycles. The first-order valence-corrected chi connectivity index (χ1v) is 7.96. The number of hydrogen-bond donors (Lipinski definition) is 2. The van der Waals surface area contributed by atoms with Gasteiger partial charge in [0, 0.05) is 12.7 Å². The maximum absolute atomic E-state index is 12.1. The second-order valence-corrected chi connectivity index (χ2v) is 6.84. The van der Waals surface area contributed by atoms with Crippen LogP contribution in [0.5, 0.6) is 0 Å². The number of nitrogens with one attached hydrogen (secondary N) is 1. The second-order valence-electron chi connectivity index (χ2n) is 5.67. The molecule has 0 radical (unpaired) electrons. The molecule has 2 N–H and O–H groups in total. The summed E-state index contributed by atoms with van der Waals surface area (Å²) in [5.74, 6) is 0.151. The molecular weight excluding hydrogens is 335 g/mol. The van der Waals surface area contributed by atoms with E-state index in [1.807, 2.05) is 0 Å². The lowest BCUT2D eigenvalue weighted by Crippen LogP contribution is -2.45. The molecule has 0 bridgehead atoms. The molecule has 1 aliphatic carbocycles. The van der Waals surface area contributed by atoms with E-state index < -0.39 is 11.5 Å². The van der Waals surface area contributed by atoms with Gasteiger partial charge in [-0.3, -0.25) is 4.79 Å². The fraction of sp³-hybridized carbons (Fsp3) is 0.571. The number of aliphatic hydroxyl groups is 1. The summed E-state index contributed by atoms with van der Waals surface area (Å²) in [7, 11) is 0. The Morgan fingerprint density at radius 3 is 2.62 bits per heavy atom. The summed E-state index contributed by atoms with van der Waals surface area (Å²) in [4.78, 5) is 16.0. The molecule has 1 amide bonds. The summed E-state index contributed by atoms with van der Waals surface area (Å²) in [5, 5.41) is 13.4. The summed E-state index contributed by atoms with van der Waals surface area (Å²) >= 11 is 17.6. The van der Waals surface area contributed by atoms with E-state index in [2.05, 4.69) is 17.2 Å². The Hall–Kier alpha value is -0.550. The molecule has 0 saturated heterocycles. The highest BCUT2D eigenvalue weighted by Crippen LogP contribution is 2.32. The topological polar surface area (TPSA) is 62.2 Å². The molecular formula is C14H17Cl3N2O2. The average Bonchev–Trinajstić information content (AvgIpc) is 2.46. The zero-order valence-corrected chi connectivity index (χ0v) is 13.9. The maximum Gasteiger partial charge on any atom is 0.271 e. The molecule has 1 fully saturated rings. The average molecular weight is 352 g/mol. The lowest BCUT2D eigenvalue weighted by atomic mass is 9.79. The number of pyridine rings is 1. The Labute approximate surface area is 138 Å². The van der Waals surface area contributed by atoms with Gasteiger partial charge >= 0.3 is 0 Å². The molecule has 7 heteroatoms. The summed E-state index contributed by atoms with van der Waals surface area (Å²) in [6.07, 6.45) is 4.55. The quantitative estimate of drug-likeness (QED) is 0.872. The fourth-order valence-corrected chi connectivity index (χ4v) is 2.97. The highest BCUT2D eigenvalue weighted by atomic mass is 35.5. The van der Waals surface area contributed by atoms with Gasteiger partial charge in [-0.15, -0.1) is 0 Å². The molecule has 2 rings (SSSR count). The van der Waals surface area contributed by atoms with Crippen LogP contribution in [0, 0.1) is 5.92 Å². The lowest BCUT2D eigenvalue weighted by molar-refractivity contribution is -0.00543. The van der Waals surface area contributed by atoms with Crippen molar-refractivity contribution in [2.45, 2.75) is 38.2 Å². The van der Waals surface area contributed by atoms with Crippen molar-refractivity contribution in [2.75, 3.05) is 6.54 Å². The second kappa shape index (κ2) is 6.69. The predicted octanol–water partition coefficient (Wildman–Crippen LogP) is 3.71. The molecule has 4 nitrogen and oxygen atoms in total. The number of rotatable bonds is 3. The number of aromatic nitrogens is 1. The SMILES string of the molecule is CC1CCC(O)(CNC(=O)c2ncc(Cl)c(Cl)c2Cl)CC1. The van der Waals surface area contributed by atoms with Crippen molar-refractivity contribution in [1.29, 1.82) is 0 Å². The molecule has 0 unspecified atom stereocenters. The van der Waals surface area contributed by atoms with Crippen molar-refractivity contribution in [3.8, 4) is 0 Å². The molecule has 21 heavy (non-hydrogen) atoms. The number of nitrogens with zero attached hydrogens (tertiary/aromatic N) is 1. The minimum absolute atomic E-state index is 0.0128. The van der Waals surface area contributed by atoms with Crippen LogP contribution in [0.4, 0.5) is 0 Å². The van der Waals surface area contributed by atoms with Crippen LogP contribution in [0.2, 0.25) is 15.1 Å². The standard InChI is InChI=1S/C14H17Cl3N2O2/c1-8-2-4-14(21,5-3-8)7-19-13(20)12-11(17)10(16)9(15)6-18-12/h6,8,21H,2-5,7H2,1H3,(H,19,20). The first-order chi connectivity index (χ1) is 9.82. The maximum atomic E-state index is 12.1. The smallest absolute Gasteiger partial charge is 0.271 e. The fourth-order valence-electron chi connectivity index (χ4n) is 2.41. The predicted molar refractivity (Wildman–Crippen MR) is 84.2 cm³/mol. The Kier molecular flexibility index (Phi) is 5.36. The highest BCUT2D eigenvalue weighted by molar-refractivity contribution is 6.48. The molecule has 0 atom stereocenters. The third-order valence-corrected chi connectivity index (χ3v) is 5.16. The van der Waals surface area contributed by atoms with E-state index in [4.69, 9.17) is 34.8 Å². The van der Waals surface area contributed by atoms with Crippen LogP contribution < -0.4 is 5.32 Å². The van der Waals surface area contributed by atoms with Crippen molar-refractivity contribution < 1.29 is 9.90 Å². The van der Waals surface area contributed by atoms with Gasteiger partial charge < -0.3 is 10.4 Å². The van der Waals surface area contributed by atoms with Crippen molar-refractivity contribution in [3.05, 3.63) is 27.0 Å². The van der Waals surface area contributed by atoms with Gasteiger partial charge in [0.25, 0.3) is 5.91 Å².